The molecule has 0 aliphatic carbocycles. The number of aromatic nitrogens is 2. The van der Waals surface area contributed by atoms with Gasteiger partial charge in [-0.1, -0.05) is 0 Å². The maximum Gasteiger partial charge on any atom is 0.407 e. The Balaban J connectivity index is 1.85. The van der Waals surface area contributed by atoms with E-state index in [2.05, 4.69) is 15.6 Å². The molecule has 2 aromatic heterocycles. The Labute approximate surface area is 128 Å². The van der Waals surface area contributed by atoms with Crippen LogP contribution in [0.3, 0.4) is 0 Å². The van der Waals surface area contributed by atoms with Gasteiger partial charge >= 0.3 is 6.18 Å². The van der Waals surface area contributed by atoms with Crippen molar-refractivity contribution < 1.29 is 13.2 Å². The van der Waals surface area contributed by atoms with E-state index < -0.39 is 11.7 Å². The predicted octanol–water partition coefficient (Wildman–Crippen LogP) is 1.45. The van der Waals surface area contributed by atoms with E-state index in [1.807, 2.05) is 6.92 Å². The molecule has 3 heterocycles. The zero-order valence-electron chi connectivity index (χ0n) is 11.8. The number of hydrogen-bond donors (Lipinski definition) is 2. The van der Waals surface area contributed by atoms with Gasteiger partial charge in [0.05, 0.1) is 5.69 Å². The molecular weight excluding hydrogens is 317 g/mol. The first-order valence-electron chi connectivity index (χ1n) is 6.82. The molecule has 2 aromatic rings. The van der Waals surface area contributed by atoms with Crippen LogP contribution in [0.2, 0.25) is 0 Å². The fraction of sp³-hybridized carbons (Fsp3) is 0.538. The van der Waals surface area contributed by atoms with Gasteiger partial charge in [0.1, 0.15) is 5.54 Å². The number of aryl methyl sites for hydroxylation is 1. The van der Waals surface area contributed by atoms with Gasteiger partial charge in [-0.15, -0.1) is 11.3 Å². The van der Waals surface area contributed by atoms with Crippen LogP contribution in [0.5, 0.6) is 0 Å². The second-order valence-corrected chi connectivity index (χ2v) is 6.65. The van der Waals surface area contributed by atoms with Crippen LogP contribution in [-0.2, 0) is 6.54 Å². The van der Waals surface area contributed by atoms with Crippen LogP contribution in [0.4, 0.5) is 13.2 Å². The summed E-state index contributed by atoms with van der Waals surface area (Å²) in [6.07, 6.45) is -2.71. The van der Waals surface area contributed by atoms with Crippen molar-refractivity contribution in [3.63, 3.8) is 0 Å². The van der Waals surface area contributed by atoms with Crippen LogP contribution in [0.25, 0.3) is 4.96 Å². The van der Waals surface area contributed by atoms with Gasteiger partial charge in [-0.3, -0.25) is 14.5 Å². The Hall–Kier alpha value is -1.45. The summed E-state index contributed by atoms with van der Waals surface area (Å²) in [5, 5.41) is 5.29. The third-order valence-corrected chi connectivity index (χ3v) is 4.74. The van der Waals surface area contributed by atoms with E-state index in [9.17, 15) is 18.0 Å². The highest BCUT2D eigenvalue weighted by molar-refractivity contribution is 7.16. The zero-order chi connectivity index (χ0) is 16.0. The molecule has 9 heteroatoms. The number of rotatable bonds is 3. The van der Waals surface area contributed by atoms with E-state index in [1.54, 1.807) is 6.20 Å². The summed E-state index contributed by atoms with van der Waals surface area (Å²) in [7, 11) is 0. The summed E-state index contributed by atoms with van der Waals surface area (Å²) >= 11 is 1.33. The number of nitrogens with zero attached hydrogens (tertiary/aromatic N) is 2. The lowest BCUT2D eigenvalue weighted by molar-refractivity contribution is -0.191. The first kappa shape index (κ1) is 15.4. The standard InChI is InChI=1S/C13H15F3N4OS/c1-8-6-20-10(21)4-9(19-11(20)22-8)5-18-12(13(14,15)16)2-3-17-7-12/h4,6,17-18H,2-3,5,7H2,1H3. The van der Waals surface area contributed by atoms with E-state index in [4.69, 9.17) is 0 Å². The van der Waals surface area contributed by atoms with Gasteiger partial charge in [-0.05, 0) is 19.9 Å². The molecule has 1 saturated heterocycles. The zero-order valence-corrected chi connectivity index (χ0v) is 12.6. The molecule has 0 bridgehead atoms. The van der Waals surface area contributed by atoms with E-state index in [0.717, 1.165) is 4.88 Å². The van der Waals surface area contributed by atoms with Crippen molar-refractivity contribution in [2.24, 2.45) is 0 Å². The third kappa shape index (κ3) is 2.64. The highest BCUT2D eigenvalue weighted by atomic mass is 32.1. The van der Waals surface area contributed by atoms with E-state index in [1.165, 1.54) is 21.8 Å². The van der Waals surface area contributed by atoms with Gasteiger partial charge in [-0.2, -0.15) is 13.2 Å². The summed E-state index contributed by atoms with van der Waals surface area (Å²) in [5.41, 5.74) is -1.91. The molecule has 3 rings (SSSR count). The molecule has 120 valence electrons. The fourth-order valence-electron chi connectivity index (χ4n) is 2.59. The van der Waals surface area contributed by atoms with Crippen molar-refractivity contribution in [3.8, 4) is 0 Å². The lowest BCUT2D eigenvalue weighted by Crippen LogP contribution is -2.58. The molecule has 22 heavy (non-hydrogen) atoms. The molecule has 1 unspecified atom stereocenters. The van der Waals surface area contributed by atoms with Crippen LogP contribution in [0.1, 0.15) is 17.0 Å². The number of nitrogens with one attached hydrogen (secondary N) is 2. The lowest BCUT2D eigenvalue weighted by Gasteiger charge is -2.31. The van der Waals surface area contributed by atoms with Crippen LogP contribution < -0.4 is 16.2 Å². The van der Waals surface area contributed by atoms with Crippen molar-refractivity contribution in [2.45, 2.75) is 31.6 Å². The number of halogens is 3. The molecule has 0 spiro atoms. The summed E-state index contributed by atoms with van der Waals surface area (Å²) in [6, 6.07) is 1.28. The Kier molecular flexibility index (Phi) is 3.74. The maximum atomic E-state index is 13.3. The minimum Gasteiger partial charge on any atom is -0.314 e. The van der Waals surface area contributed by atoms with Crippen LogP contribution in [0.15, 0.2) is 17.1 Å². The molecule has 1 aliphatic heterocycles. The van der Waals surface area contributed by atoms with Crippen molar-refractivity contribution in [1.29, 1.82) is 0 Å². The van der Waals surface area contributed by atoms with Crippen molar-refractivity contribution in [3.05, 3.63) is 33.2 Å². The van der Waals surface area contributed by atoms with Crippen molar-refractivity contribution >= 4 is 16.3 Å². The Morgan fingerprint density at radius 3 is 2.95 bits per heavy atom. The van der Waals surface area contributed by atoms with Gasteiger partial charge in [0.2, 0.25) is 0 Å². The molecular formula is C13H15F3N4OS. The monoisotopic (exact) mass is 332 g/mol. The molecule has 1 atom stereocenters. The first-order chi connectivity index (χ1) is 10.3. The largest absolute Gasteiger partial charge is 0.407 e. The average Bonchev–Trinajstić information content (AvgIpc) is 3.02. The van der Waals surface area contributed by atoms with E-state index in [0.29, 0.717) is 17.2 Å². The average molecular weight is 332 g/mol. The molecule has 1 fully saturated rings. The normalized spacial score (nSPS) is 22.5. The van der Waals surface area contributed by atoms with Gasteiger partial charge < -0.3 is 5.32 Å². The predicted molar refractivity (Wildman–Crippen MR) is 77.2 cm³/mol. The second kappa shape index (κ2) is 5.32. The minimum absolute atomic E-state index is 0.0319. The summed E-state index contributed by atoms with van der Waals surface area (Å²) in [5.74, 6) is 0. The summed E-state index contributed by atoms with van der Waals surface area (Å²) in [4.78, 5) is 17.6. The Morgan fingerprint density at radius 2 is 2.32 bits per heavy atom. The summed E-state index contributed by atoms with van der Waals surface area (Å²) < 4.78 is 41.2. The summed E-state index contributed by atoms with van der Waals surface area (Å²) in [6.45, 7) is 1.89. The van der Waals surface area contributed by atoms with Gasteiger partial charge in [0.25, 0.3) is 5.56 Å². The lowest BCUT2D eigenvalue weighted by atomic mass is 9.97. The number of fused-ring (bicyclic) bond motifs is 1. The van der Waals surface area contributed by atoms with E-state index >= 15 is 0 Å². The first-order valence-corrected chi connectivity index (χ1v) is 7.64. The molecule has 0 saturated carbocycles. The van der Waals surface area contributed by atoms with Crippen molar-refractivity contribution in [1.82, 2.24) is 20.0 Å². The second-order valence-electron chi connectivity index (χ2n) is 5.44. The van der Waals surface area contributed by atoms with Crippen LogP contribution in [-0.4, -0.2) is 34.2 Å². The molecule has 5 nitrogen and oxygen atoms in total. The molecule has 2 N–H and O–H groups in total. The number of thiazole rings is 1. The van der Waals surface area contributed by atoms with Gasteiger partial charge in [0, 0.05) is 30.2 Å². The Bertz CT molecular complexity index is 746. The van der Waals surface area contributed by atoms with Crippen LogP contribution >= 0.6 is 11.3 Å². The topological polar surface area (TPSA) is 58.4 Å². The minimum atomic E-state index is -4.35. The number of hydrogen-bond acceptors (Lipinski definition) is 5. The van der Waals surface area contributed by atoms with E-state index in [-0.39, 0.29) is 25.1 Å². The molecule has 0 aromatic carbocycles. The smallest absolute Gasteiger partial charge is 0.314 e. The molecule has 0 radical (unpaired) electrons. The SMILES string of the molecule is Cc1cn2c(=O)cc(CNC3(C(F)(F)F)CCNC3)nc2s1. The highest BCUT2D eigenvalue weighted by Gasteiger charge is 2.55. The fourth-order valence-corrected chi connectivity index (χ4v) is 3.44. The van der Waals surface area contributed by atoms with Crippen molar-refractivity contribution in [2.75, 3.05) is 13.1 Å². The maximum absolute atomic E-state index is 13.3. The molecule has 1 aliphatic rings. The quantitative estimate of drug-likeness (QED) is 0.893. The number of alkyl halides is 3. The van der Waals surface area contributed by atoms with Gasteiger partial charge in [-0.25, -0.2) is 4.98 Å². The van der Waals surface area contributed by atoms with Gasteiger partial charge in [0.15, 0.2) is 4.96 Å². The molecule has 0 amide bonds. The Morgan fingerprint density at radius 1 is 1.55 bits per heavy atom. The highest BCUT2D eigenvalue weighted by Crippen LogP contribution is 2.35. The third-order valence-electron chi connectivity index (χ3n) is 3.84. The van der Waals surface area contributed by atoms with Crippen LogP contribution in [0, 0.1) is 6.92 Å².